The first kappa shape index (κ1) is 21.8. The molecular formula is C22H19ClFN3O5. The van der Waals surface area contributed by atoms with Gasteiger partial charge in [0.15, 0.2) is 0 Å². The fraction of sp³-hybridized carbons (Fsp3) is 0.273. The quantitative estimate of drug-likeness (QED) is 0.682. The summed E-state index contributed by atoms with van der Waals surface area (Å²) in [6, 6.07) is 6.54. The predicted octanol–water partition coefficient (Wildman–Crippen LogP) is 3.23. The summed E-state index contributed by atoms with van der Waals surface area (Å²) in [5.74, 6) is -2.19. The summed E-state index contributed by atoms with van der Waals surface area (Å²) in [5, 5.41) is 12.3. The Morgan fingerprint density at radius 1 is 1.28 bits per heavy atom. The number of rotatable bonds is 4. The van der Waals surface area contributed by atoms with Crippen LogP contribution in [0.4, 0.5) is 14.9 Å². The van der Waals surface area contributed by atoms with Gasteiger partial charge in [0, 0.05) is 28.3 Å². The molecule has 10 heteroatoms. The molecular weight excluding hydrogens is 441 g/mol. The van der Waals surface area contributed by atoms with E-state index in [1.807, 2.05) is 0 Å². The van der Waals surface area contributed by atoms with Crippen LogP contribution in [0.15, 0.2) is 30.3 Å². The third-order valence-electron chi connectivity index (χ3n) is 5.70. The molecule has 2 N–H and O–H groups in total. The number of nitrogens with zero attached hydrogens (tertiary/aromatic N) is 2. The number of carboxylic acid groups (broad SMARTS) is 1. The van der Waals surface area contributed by atoms with Crippen molar-refractivity contribution in [3.63, 3.8) is 0 Å². The lowest BCUT2D eigenvalue weighted by atomic mass is 10.0. The molecule has 0 aliphatic carbocycles. The topological polar surface area (TPSA) is 107 Å². The van der Waals surface area contributed by atoms with E-state index in [0.29, 0.717) is 10.7 Å². The van der Waals surface area contributed by atoms with E-state index in [2.05, 4.69) is 5.32 Å². The van der Waals surface area contributed by atoms with Crippen LogP contribution in [0.1, 0.15) is 39.9 Å². The lowest BCUT2D eigenvalue weighted by Crippen LogP contribution is -2.52. The van der Waals surface area contributed by atoms with Crippen molar-refractivity contribution in [2.45, 2.75) is 38.9 Å². The van der Waals surface area contributed by atoms with E-state index < -0.39 is 35.7 Å². The summed E-state index contributed by atoms with van der Waals surface area (Å²) >= 11 is 6.11. The van der Waals surface area contributed by atoms with E-state index in [1.54, 1.807) is 19.1 Å². The lowest BCUT2D eigenvalue weighted by Gasteiger charge is -2.29. The van der Waals surface area contributed by atoms with Crippen LogP contribution in [0.5, 0.6) is 0 Å². The molecule has 2 aliphatic rings. The Labute approximate surface area is 187 Å². The number of anilines is 1. The smallest absolute Gasteiger partial charge is 0.412 e. The van der Waals surface area contributed by atoms with Gasteiger partial charge in [-0.3, -0.25) is 24.6 Å². The largest absolute Gasteiger partial charge is 0.465 e. The highest BCUT2D eigenvalue weighted by Gasteiger charge is 2.40. The molecule has 32 heavy (non-hydrogen) atoms. The first-order valence-electron chi connectivity index (χ1n) is 9.88. The van der Waals surface area contributed by atoms with Crippen LogP contribution in [-0.4, -0.2) is 39.9 Å². The van der Waals surface area contributed by atoms with Gasteiger partial charge in [-0.1, -0.05) is 17.7 Å². The minimum atomic E-state index is -1.26. The van der Waals surface area contributed by atoms with Gasteiger partial charge in [-0.15, -0.1) is 0 Å². The molecule has 4 rings (SSSR count). The Kier molecular flexibility index (Phi) is 5.60. The zero-order chi connectivity index (χ0) is 23.2. The van der Waals surface area contributed by atoms with E-state index in [-0.39, 0.29) is 42.6 Å². The van der Waals surface area contributed by atoms with E-state index in [1.165, 1.54) is 23.1 Å². The van der Waals surface area contributed by atoms with Crippen LogP contribution < -0.4 is 10.2 Å². The maximum Gasteiger partial charge on any atom is 0.412 e. The van der Waals surface area contributed by atoms with Crippen molar-refractivity contribution < 1.29 is 28.7 Å². The molecule has 1 saturated heterocycles. The molecule has 2 aromatic rings. The zero-order valence-electron chi connectivity index (χ0n) is 17.0. The summed E-state index contributed by atoms with van der Waals surface area (Å²) in [7, 11) is 0. The maximum atomic E-state index is 14.9. The average molecular weight is 460 g/mol. The highest BCUT2D eigenvalue weighted by Crippen LogP contribution is 2.31. The van der Waals surface area contributed by atoms with Crippen molar-refractivity contribution in [3.05, 3.63) is 63.4 Å². The number of halogens is 2. The van der Waals surface area contributed by atoms with Gasteiger partial charge in [0.25, 0.3) is 5.91 Å². The number of imide groups is 1. The number of hydrogen-bond donors (Lipinski definition) is 2. The number of carbonyl (C=O) groups is 4. The Hall–Kier alpha value is -3.46. The summed E-state index contributed by atoms with van der Waals surface area (Å²) in [5.41, 5.74) is 1.59. The van der Waals surface area contributed by atoms with E-state index in [4.69, 9.17) is 11.6 Å². The maximum absolute atomic E-state index is 14.9. The molecule has 2 aromatic carbocycles. The second-order valence-electron chi connectivity index (χ2n) is 7.81. The number of hydrogen-bond acceptors (Lipinski definition) is 4. The molecule has 1 unspecified atom stereocenters. The van der Waals surface area contributed by atoms with Gasteiger partial charge < -0.3 is 10.0 Å². The molecule has 1 atom stereocenters. The lowest BCUT2D eigenvalue weighted by molar-refractivity contribution is -0.136. The fourth-order valence-electron chi connectivity index (χ4n) is 3.97. The van der Waals surface area contributed by atoms with E-state index in [0.717, 1.165) is 10.5 Å². The highest BCUT2D eigenvalue weighted by molar-refractivity contribution is 6.31. The SMILES string of the molecule is Cc1ccc(N(Cc2cc(F)c3c(c2)C(=O)N(C2CCC(=O)NC2=O)C3)C(=O)O)cc1Cl. The third kappa shape index (κ3) is 3.91. The first-order valence-corrected chi connectivity index (χ1v) is 10.3. The van der Waals surface area contributed by atoms with E-state index in [9.17, 15) is 28.7 Å². The molecule has 4 amide bonds. The number of piperidine rings is 1. The van der Waals surface area contributed by atoms with Gasteiger partial charge in [0.1, 0.15) is 11.9 Å². The molecule has 2 heterocycles. The summed E-state index contributed by atoms with van der Waals surface area (Å²) < 4.78 is 14.9. The minimum absolute atomic E-state index is 0.0805. The van der Waals surface area contributed by atoms with Gasteiger partial charge in [-0.2, -0.15) is 0 Å². The Morgan fingerprint density at radius 3 is 2.69 bits per heavy atom. The van der Waals surface area contributed by atoms with Crippen molar-refractivity contribution in [1.82, 2.24) is 10.2 Å². The van der Waals surface area contributed by atoms with Crippen molar-refractivity contribution >= 4 is 41.1 Å². The normalized spacial score (nSPS) is 17.9. The van der Waals surface area contributed by atoms with Gasteiger partial charge in [0.05, 0.1) is 13.1 Å². The average Bonchev–Trinajstić information content (AvgIpc) is 3.05. The van der Waals surface area contributed by atoms with Crippen LogP contribution in [-0.2, 0) is 22.7 Å². The minimum Gasteiger partial charge on any atom is -0.465 e. The standard InChI is InChI=1S/C22H19ClFN3O5/c1-11-2-3-13(8-16(11)23)26(22(31)32)9-12-6-14-15(17(24)7-12)10-27(21(14)30)18-4-5-19(28)25-20(18)29/h2-3,6-8,18H,4-5,9-10H2,1H3,(H,31,32)(H,25,28,29). The van der Waals surface area contributed by atoms with Gasteiger partial charge >= 0.3 is 6.09 Å². The van der Waals surface area contributed by atoms with Crippen LogP contribution in [0, 0.1) is 12.7 Å². The van der Waals surface area contributed by atoms with Gasteiger partial charge in [-0.25, -0.2) is 9.18 Å². The molecule has 0 radical (unpaired) electrons. The molecule has 0 saturated carbocycles. The van der Waals surface area contributed by atoms with Crippen molar-refractivity contribution in [3.8, 4) is 0 Å². The Bertz CT molecular complexity index is 1170. The number of nitrogens with one attached hydrogen (secondary N) is 1. The van der Waals surface area contributed by atoms with Crippen molar-refractivity contribution in [1.29, 1.82) is 0 Å². The molecule has 1 fully saturated rings. The van der Waals surface area contributed by atoms with E-state index >= 15 is 0 Å². The highest BCUT2D eigenvalue weighted by atomic mass is 35.5. The van der Waals surface area contributed by atoms with Crippen LogP contribution in [0.25, 0.3) is 0 Å². The number of aryl methyl sites for hydroxylation is 1. The predicted molar refractivity (Wildman–Crippen MR) is 113 cm³/mol. The molecule has 2 aliphatic heterocycles. The van der Waals surface area contributed by atoms with Crippen molar-refractivity contribution in [2.75, 3.05) is 4.90 Å². The molecule has 0 aromatic heterocycles. The van der Waals surface area contributed by atoms with Crippen molar-refractivity contribution in [2.24, 2.45) is 0 Å². The zero-order valence-corrected chi connectivity index (χ0v) is 17.8. The number of carbonyl (C=O) groups excluding carboxylic acids is 3. The second-order valence-corrected chi connectivity index (χ2v) is 8.21. The second kappa shape index (κ2) is 8.23. The van der Waals surface area contributed by atoms with Crippen LogP contribution >= 0.6 is 11.6 Å². The van der Waals surface area contributed by atoms with Crippen LogP contribution in [0.2, 0.25) is 5.02 Å². The number of amides is 4. The fourth-order valence-corrected chi connectivity index (χ4v) is 4.14. The summed E-state index contributed by atoms with van der Waals surface area (Å²) in [4.78, 5) is 50.6. The number of benzene rings is 2. The van der Waals surface area contributed by atoms with Gasteiger partial charge in [0.2, 0.25) is 11.8 Å². The molecule has 0 bridgehead atoms. The Balaban J connectivity index is 1.62. The number of fused-ring (bicyclic) bond motifs is 1. The first-order chi connectivity index (χ1) is 15.2. The van der Waals surface area contributed by atoms with Crippen LogP contribution in [0.3, 0.4) is 0 Å². The van der Waals surface area contributed by atoms with Gasteiger partial charge in [-0.05, 0) is 48.7 Å². The molecule has 8 nitrogen and oxygen atoms in total. The molecule has 0 spiro atoms. The summed E-state index contributed by atoms with van der Waals surface area (Å²) in [6.45, 7) is 1.49. The monoisotopic (exact) mass is 459 g/mol. The Morgan fingerprint density at radius 2 is 2.03 bits per heavy atom. The molecule has 166 valence electrons. The third-order valence-corrected chi connectivity index (χ3v) is 6.11. The summed E-state index contributed by atoms with van der Waals surface area (Å²) in [6.07, 6.45) is -1.00.